The van der Waals surface area contributed by atoms with Crippen molar-refractivity contribution in [3.8, 4) is 0 Å². The van der Waals surface area contributed by atoms with Gasteiger partial charge in [-0.25, -0.2) is 9.98 Å². The van der Waals surface area contributed by atoms with Crippen LogP contribution in [0.5, 0.6) is 0 Å². The predicted octanol–water partition coefficient (Wildman–Crippen LogP) is 2.44. The molecule has 0 aliphatic carbocycles. The van der Waals surface area contributed by atoms with Gasteiger partial charge in [0.2, 0.25) is 0 Å². The Kier molecular flexibility index (Phi) is 6.81. The number of aliphatic imine (C=N–C) groups is 1. The first-order valence-corrected chi connectivity index (χ1v) is 9.09. The van der Waals surface area contributed by atoms with Crippen molar-refractivity contribution in [3.63, 3.8) is 0 Å². The van der Waals surface area contributed by atoms with Crippen molar-refractivity contribution in [1.82, 2.24) is 15.6 Å². The van der Waals surface area contributed by atoms with Crippen LogP contribution in [0.4, 0.5) is 0 Å². The summed E-state index contributed by atoms with van der Waals surface area (Å²) in [5.41, 5.74) is -0.0393. The third kappa shape index (κ3) is 5.65. The highest BCUT2D eigenvalue weighted by Crippen LogP contribution is 2.21. The number of aromatic nitrogens is 1. The normalized spacial score (nSPS) is 14.4. The molecule has 0 aromatic carbocycles. The van der Waals surface area contributed by atoms with E-state index in [2.05, 4.69) is 26.0 Å². The van der Waals surface area contributed by atoms with Crippen LogP contribution in [0.15, 0.2) is 33.2 Å². The molecule has 0 saturated carbocycles. The first kappa shape index (κ1) is 18.5. The van der Waals surface area contributed by atoms with Gasteiger partial charge in [-0.1, -0.05) is 0 Å². The zero-order valence-electron chi connectivity index (χ0n) is 14.5. The summed E-state index contributed by atoms with van der Waals surface area (Å²) in [5, 5.41) is 20.2. The third-order valence-corrected chi connectivity index (χ3v) is 4.49. The maximum Gasteiger partial charge on any atom is 0.191 e. The van der Waals surface area contributed by atoms with Crippen LogP contribution in [0, 0.1) is 6.92 Å². The summed E-state index contributed by atoms with van der Waals surface area (Å²) in [6.45, 7) is 7.51. The summed E-state index contributed by atoms with van der Waals surface area (Å²) >= 11 is 1.70. The molecular formula is C17H26N4O2S. The summed E-state index contributed by atoms with van der Waals surface area (Å²) in [4.78, 5) is 8.92. The third-order valence-electron chi connectivity index (χ3n) is 3.47. The molecule has 3 N–H and O–H groups in total. The van der Waals surface area contributed by atoms with E-state index in [9.17, 15) is 5.11 Å². The number of aryl methyl sites for hydroxylation is 2. The smallest absolute Gasteiger partial charge is 0.191 e. The quantitative estimate of drug-likeness (QED) is 0.387. The monoisotopic (exact) mass is 350 g/mol. The SMILES string of the molecule is CCNC(=NCC(C)(O)c1ccco1)NCCCc1nc(C)cs1. The highest BCUT2D eigenvalue weighted by Gasteiger charge is 2.25. The van der Waals surface area contributed by atoms with Crippen LogP contribution in [-0.4, -0.2) is 35.7 Å². The molecule has 6 nitrogen and oxygen atoms in total. The lowest BCUT2D eigenvalue weighted by Crippen LogP contribution is -2.39. The van der Waals surface area contributed by atoms with Crippen molar-refractivity contribution >= 4 is 17.3 Å². The van der Waals surface area contributed by atoms with Crippen LogP contribution in [0.3, 0.4) is 0 Å². The van der Waals surface area contributed by atoms with Gasteiger partial charge in [0.25, 0.3) is 0 Å². The van der Waals surface area contributed by atoms with Gasteiger partial charge in [-0.3, -0.25) is 0 Å². The average molecular weight is 350 g/mol. The van der Waals surface area contributed by atoms with Crippen LogP contribution in [0.25, 0.3) is 0 Å². The highest BCUT2D eigenvalue weighted by atomic mass is 32.1. The Labute approximate surface area is 147 Å². The van der Waals surface area contributed by atoms with Gasteiger partial charge in [0.15, 0.2) is 5.96 Å². The van der Waals surface area contributed by atoms with Gasteiger partial charge in [0.1, 0.15) is 11.4 Å². The molecule has 0 bridgehead atoms. The van der Waals surface area contributed by atoms with E-state index in [0.29, 0.717) is 11.7 Å². The molecule has 0 saturated heterocycles. The fraction of sp³-hybridized carbons (Fsp3) is 0.529. The van der Waals surface area contributed by atoms with E-state index >= 15 is 0 Å². The number of hydrogen-bond donors (Lipinski definition) is 3. The molecule has 2 aromatic heterocycles. The first-order chi connectivity index (χ1) is 11.5. The Morgan fingerprint density at radius 3 is 2.92 bits per heavy atom. The Morgan fingerprint density at radius 2 is 2.29 bits per heavy atom. The van der Waals surface area contributed by atoms with Gasteiger partial charge >= 0.3 is 0 Å². The minimum Gasteiger partial charge on any atom is -0.466 e. The molecule has 0 fully saturated rings. The largest absolute Gasteiger partial charge is 0.466 e. The molecule has 24 heavy (non-hydrogen) atoms. The molecule has 0 radical (unpaired) electrons. The van der Waals surface area contributed by atoms with Crippen LogP contribution >= 0.6 is 11.3 Å². The maximum atomic E-state index is 10.5. The highest BCUT2D eigenvalue weighted by molar-refractivity contribution is 7.09. The number of aliphatic hydroxyl groups is 1. The number of nitrogens with zero attached hydrogens (tertiary/aromatic N) is 2. The number of guanidine groups is 1. The average Bonchev–Trinajstić information content (AvgIpc) is 3.21. The van der Waals surface area contributed by atoms with Crippen molar-refractivity contribution in [2.75, 3.05) is 19.6 Å². The Hall–Kier alpha value is -1.86. The second kappa shape index (κ2) is 8.84. The maximum absolute atomic E-state index is 10.5. The molecule has 0 aliphatic rings. The Balaban J connectivity index is 1.82. The van der Waals surface area contributed by atoms with Gasteiger partial charge in [-0.05, 0) is 39.3 Å². The predicted molar refractivity (Wildman–Crippen MR) is 97.4 cm³/mol. The second-order valence-electron chi connectivity index (χ2n) is 5.86. The van der Waals surface area contributed by atoms with E-state index in [1.807, 2.05) is 13.8 Å². The Morgan fingerprint density at radius 1 is 1.46 bits per heavy atom. The molecule has 132 valence electrons. The molecule has 2 aromatic rings. The van der Waals surface area contributed by atoms with Gasteiger partial charge in [-0.15, -0.1) is 11.3 Å². The zero-order chi connectivity index (χ0) is 17.4. The molecule has 2 rings (SSSR count). The lowest BCUT2D eigenvalue weighted by molar-refractivity contribution is 0.0437. The summed E-state index contributed by atoms with van der Waals surface area (Å²) in [7, 11) is 0. The van der Waals surface area contributed by atoms with E-state index in [-0.39, 0.29) is 6.54 Å². The van der Waals surface area contributed by atoms with Crippen molar-refractivity contribution in [1.29, 1.82) is 0 Å². The molecular weight excluding hydrogens is 324 g/mol. The van der Waals surface area contributed by atoms with Crippen LogP contribution in [0.2, 0.25) is 0 Å². The number of rotatable bonds is 8. The van der Waals surface area contributed by atoms with Crippen molar-refractivity contribution in [3.05, 3.63) is 40.2 Å². The fourth-order valence-corrected chi connectivity index (χ4v) is 3.02. The van der Waals surface area contributed by atoms with Crippen molar-refractivity contribution in [2.24, 2.45) is 4.99 Å². The summed E-state index contributed by atoms with van der Waals surface area (Å²) < 4.78 is 5.27. The molecule has 0 amide bonds. The van der Waals surface area contributed by atoms with Crippen LogP contribution in [0.1, 0.15) is 36.7 Å². The van der Waals surface area contributed by atoms with E-state index in [1.54, 1.807) is 36.7 Å². The van der Waals surface area contributed by atoms with Gasteiger partial charge in [0.05, 0.1) is 17.8 Å². The first-order valence-electron chi connectivity index (χ1n) is 8.21. The van der Waals surface area contributed by atoms with Crippen molar-refractivity contribution in [2.45, 2.75) is 39.2 Å². The minimum absolute atomic E-state index is 0.224. The number of hydrogen-bond acceptors (Lipinski definition) is 5. The Bertz CT molecular complexity index is 635. The second-order valence-corrected chi connectivity index (χ2v) is 6.80. The molecule has 1 unspecified atom stereocenters. The summed E-state index contributed by atoms with van der Waals surface area (Å²) in [6.07, 6.45) is 3.48. The number of furan rings is 1. The molecule has 0 spiro atoms. The van der Waals surface area contributed by atoms with E-state index < -0.39 is 5.60 Å². The van der Waals surface area contributed by atoms with Gasteiger partial charge in [0, 0.05) is 30.6 Å². The van der Waals surface area contributed by atoms with Gasteiger partial charge in [-0.2, -0.15) is 0 Å². The molecule has 2 heterocycles. The topological polar surface area (TPSA) is 82.7 Å². The molecule has 7 heteroatoms. The van der Waals surface area contributed by atoms with E-state index in [0.717, 1.165) is 36.6 Å². The van der Waals surface area contributed by atoms with Crippen LogP contribution < -0.4 is 10.6 Å². The molecule has 1 atom stereocenters. The number of thiazole rings is 1. The van der Waals surface area contributed by atoms with Crippen LogP contribution in [-0.2, 0) is 12.0 Å². The minimum atomic E-state index is -1.12. The van der Waals surface area contributed by atoms with Crippen molar-refractivity contribution < 1.29 is 9.52 Å². The van der Waals surface area contributed by atoms with E-state index in [1.165, 1.54) is 0 Å². The summed E-state index contributed by atoms with van der Waals surface area (Å²) in [6, 6.07) is 3.52. The lowest BCUT2D eigenvalue weighted by atomic mass is 10.0. The van der Waals surface area contributed by atoms with Gasteiger partial charge < -0.3 is 20.2 Å². The summed E-state index contributed by atoms with van der Waals surface area (Å²) in [5.74, 6) is 1.21. The standard InChI is InChI=1S/C17H26N4O2S/c1-4-18-16(19-9-5-8-15-21-13(2)11-24-15)20-12-17(3,22)14-7-6-10-23-14/h6-7,10-11,22H,4-5,8-9,12H2,1-3H3,(H2,18,19,20). The lowest BCUT2D eigenvalue weighted by Gasteiger charge is -2.19. The molecule has 0 aliphatic heterocycles. The fourth-order valence-electron chi connectivity index (χ4n) is 2.20. The zero-order valence-corrected chi connectivity index (χ0v) is 15.3. The van der Waals surface area contributed by atoms with E-state index in [4.69, 9.17) is 4.42 Å². The number of nitrogens with one attached hydrogen (secondary N) is 2.